The van der Waals surface area contributed by atoms with Crippen LogP contribution in [0, 0.1) is 0 Å². The summed E-state index contributed by atoms with van der Waals surface area (Å²) in [6, 6.07) is 9.99. The summed E-state index contributed by atoms with van der Waals surface area (Å²) in [4.78, 5) is 12.5. The van der Waals surface area contributed by atoms with Gasteiger partial charge in [0.25, 0.3) is 0 Å². The van der Waals surface area contributed by atoms with Gasteiger partial charge in [-0.3, -0.25) is 4.79 Å². The van der Waals surface area contributed by atoms with Crippen molar-refractivity contribution in [2.75, 3.05) is 32.6 Å². The monoisotopic (exact) mass is 466 g/mol. The quantitative estimate of drug-likeness (QED) is 0.633. The van der Waals surface area contributed by atoms with Crippen LogP contribution in [-0.2, 0) is 21.2 Å². The molecule has 0 saturated carbocycles. The van der Waals surface area contributed by atoms with Crippen LogP contribution in [0.1, 0.15) is 31.2 Å². The number of carbonyl (C=O) groups excluding carboxylic acids is 1. The van der Waals surface area contributed by atoms with Crippen LogP contribution < -0.4 is 14.8 Å². The Bertz CT molecular complexity index is 1010. The molecule has 0 spiro atoms. The Balaban J connectivity index is 1.69. The van der Waals surface area contributed by atoms with Crippen LogP contribution in [0.5, 0.6) is 11.5 Å². The summed E-state index contributed by atoms with van der Waals surface area (Å²) in [5, 5.41) is 2.91. The van der Waals surface area contributed by atoms with E-state index in [4.69, 9.17) is 21.1 Å². The molecule has 0 unspecified atom stereocenters. The number of hydrogen-bond donors (Lipinski definition) is 1. The topological polar surface area (TPSA) is 84.9 Å². The number of carbonyl (C=O) groups is 1. The predicted molar refractivity (Wildman–Crippen MR) is 121 cm³/mol. The van der Waals surface area contributed by atoms with Crippen LogP contribution in [0.25, 0.3) is 0 Å². The molecule has 1 fully saturated rings. The number of rotatable bonds is 8. The lowest BCUT2D eigenvalue weighted by Crippen LogP contribution is -2.35. The molecule has 31 heavy (non-hydrogen) atoms. The first kappa shape index (κ1) is 23.4. The SMILES string of the molecule is COc1cc(CCC(=O)Nc2ccc(Cl)c(S(=O)(=O)N3CCCCC3)c2)cc(OC)c1. The zero-order valence-corrected chi connectivity index (χ0v) is 19.3. The van der Waals surface area contributed by atoms with Crippen molar-refractivity contribution in [2.24, 2.45) is 0 Å². The van der Waals surface area contributed by atoms with Crippen LogP contribution in [0.4, 0.5) is 5.69 Å². The zero-order valence-electron chi connectivity index (χ0n) is 17.7. The molecule has 0 atom stereocenters. The molecule has 9 heteroatoms. The van der Waals surface area contributed by atoms with Gasteiger partial charge in [-0.05, 0) is 55.2 Å². The Labute approximate surface area is 188 Å². The molecule has 1 aliphatic heterocycles. The van der Waals surface area contributed by atoms with Crippen molar-refractivity contribution >= 4 is 33.2 Å². The van der Waals surface area contributed by atoms with E-state index in [2.05, 4.69) is 5.32 Å². The lowest BCUT2D eigenvalue weighted by Gasteiger charge is -2.26. The molecule has 168 valence electrons. The molecule has 2 aromatic rings. The maximum absolute atomic E-state index is 13.0. The van der Waals surface area contributed by atoms with Crippen molar-refractivity contribution in [3.05, 3.63) is 47.0 Å². The zero-order chi connectivity index (χ0) is 22.4. The number of ether oxygens (including phenoxy) is 2. The number of anilines is 1. The van der Waals surface area contributed by atoms with Gasteiger partial charge in [-0.25, -0.2) is 8.42 Å². The number of amides is 1. The fraction of sp³-hybridized carbons (Fsp3) is 0.409. The number of aryl methyl sites for hydroxylation is 1. The minimum absolute atomic E-state index is 0.0198. The lowest BCUT2D eigenvalue weighted by atomic mass is 10.1. The number of benzene rings is 2. The molecule has 1 aliphatic rings. The lowest BCUT2D eigenvalue weighted by molar-refractivity contribution is -0.116. The van der Waals surface area contributed by atoms with E-state index in [0.29, 0.717) is 36.7 Å². The Kier molecular flexibility index (Phi) is 7.80. The first-order valence-corrected chi connectivity index (χ1v) is 12.0. The fourth-order valence-electron chi connectivity index (χ4n) is 3.52. The minimum atomic E-state index is -3.70. The number of piperidine rings is 1. The standard InChI is InChI=1S/C22H27ClN2O5S/c1-29-18-12-16(13-19(15-18)30-2)6-9-22(26)24-17-7-8-20(23)21(14-17)31(27,28)25-10-4-3-5-11-25/h7-8,12-15H,3-6,9-11H2,1-2H3,(H,24,26). The summed E-state index contributed by atoms with van der Waals surface area (Å²) < 4.78 is 37.9. The first-order chi connectivity index (χ1) is 14.8. The third-order valence-electron chi connectivity index (χ3n) is 5.20. The highest BCUT2D eigenvalue weighted by Gasteiger charge is 2.28. The molecular weight excluding hydrogens is 440 g/mol. The number of halogens is 1. The number of hydrogen-bond acceptors (Lipinski definition) is 5. The van der Waals surface area contributed by atoms with Gasteiger partial charge in [-0.1, -0.05) is 18.0 Å². The van der Waals surface area contributed by atoms with E-state index < -0.39 is 10.0 Å². The Morgan fingerprint density at radius 1 is 1.03 bits per heavy atom. The van der Waals surface area contributed by atoms with Crippen molar-refractivity contribution in [3.63, 3.8) is 0 Å². The van der Waals surface area contributed by atoms with Crippen LogP contribution in [0.15, 0.2) is 41.3 Å². The fourth-order valence-corrected chi connectivity index (χ4v) is 5.53. The summed E-state index contributed by atoms with van der Waals surface area (Å²) in [5.41, 5.74) is 1.30. The molecule has 7 nitrogen and oxygen atoms in total. The Hall–Kier alpha value is -2.29. The molecule has 1 N–H and O–H groups in total. The Morgan fingerprint density at radius 3 is 2.29 bits per heavy atom. The summed E-state index contributed by atoms with van der Waals surface area (Å²) >= 11 is 6.19. The van der Waals surface area contributed by atoms with Gasteiger partial charge in [-0.15, -0.1) is 0 Å². The van der Waals surface area contributed by atoms with Gasteiger partial charge in [0.05, 0.1) is 19.2 Å². The molecule has 1 amide bonds. The second-order valence-corrected chi connectivity index (χ2v) is 9.69. The average molecular weight is 467 g/mol. The Morgan fingerprint density at radius 2 is 1.68 bits per heavy atom. The van der Waals surface area contributed by atoms with Gasteiger partial charge < -0.3 is 14.8 Å². The van der Waals surface area contributed by atoms with Gasteiger partial charge in [0.1, 0.15) is 16.4 Å². The van der Waals surface area contributed by atoms with Gasteiger partial charge >= 0.3 is 0 Å². The smallest absolute Gasteiger partial charge is 0.244 e. The van der Waals surface area contributed by atoms with E-state index in [1.54, 1.807) is 26.4 Å². The summed E-state index contributed by atoms with van der Waals surface area (Å²) in [6.07, 6.45) is 3.39. The third kappa shape index (κ3) is 5.90. The number of nitrogens with zero attached hydrogens (tertiary/aromatic N) is 1. The molecule has 0 aliphatic carbocycles. The second-order valence-electron chi connectivity index (χ2n) is 7.38. The van der Waals surface area contributed by atoms with Crippen LogP contribution in [0.2, 0.25) is 5.02 Å². The van der Waals surface area contributed by atoms with E-state index in [1.165, 1.54) is 16.4 Å². The highest BCUT2D eigenvalue weighted by atomic mass is 35.5. The molecule has 0 bridgehead atoms. The number of methoxy groups -OCH3 is 2. The van der Waals surface area contributed by atoms with Crippen LogP contribution >= 0.6 is 11.6 Å². The van der Waals surface area contributed by atoms with Gasteiger partial charge in [0.2, 0.25) is 15.9 Å². The number of sulfonamides is 1. The second kappa shape index (κ2) is 10.3. The van der Waals surface area contributed by atoms with Gasteiger partial charge in [0, 0.05) is 31.3 Å². The molecule has 0 aromatic heterocycles. The van der Waals surface area contributed by atoms with E-state index in [1.807, 2.05) is 12.1 Å². The first-order valence-electron chi connectivity index (χ1n) is 10.1. The average Bonchev–Trinajstić information content (AvgIpc) is 2.79. The van der Waals surface area contributed by atoms with E-state index >= 15 is 0 Å². The maximum atomic E-state index is 13.0. The highest BCUT2D eigenvalue weighted by molar-refractivity contribution is 7.89. The van der Waals surface area contributed by atoms with Crippen molar-refractivity contribution in [1.29, 1.82) is 0 Å². The highest BCUT2D eigenvalue weighted by Crippen LogP contribution is 2.29. The van der Waals surface area contributed by atoms with Gasteiger partial charge in [0.15, 0.2) is 0 Å². The predicted octanol–water partition coefficient (Wildman–Crippen LogP) is 4.10. The summed E-state index contributed by atoms with van der Waals surface area (Å²) in [7, 11) is -0.558. The molecule has 0 radical (unpaired) electrons. The molecule has 2 aromatic carbocycles. The largest absolute Gasteiger partial charge is 0.497 e. The van der Waals surface area contributed by atoms with Crippen molar-refractivity contribution in [1.82, 2.24) is 4.31 Å². The minimum Gasteiger partial charge on any atom is -0.497 e. The third-order valence-corrected chi connectivity index (χ3v) is 7.58. The van der Waals surface area contributed by atoms with Crippen molar-refractivity contribution in [2.45, 2.75) is 37.0 Å². The van der Waals surface area contributed by atoms with Crippen molar-refractivity contribution in [3.8, 4) is 11.5 Å². The number of nitrogens with one attached hydrogen (secondary N) is 1. The van der Waals surface area contributed by atoms with Gasteiger partial charge in [-0.2, -0.15) is 4.31 Å². The summed E-state index contributed by atoms with van der Waals surface area (Å²) in [5.74, 6) is 1.07. The molecule has 1 saturated heterocycles. The molecule has 1 heterocycles. The summed E-state index contributed by atoms with van der Waals surface area (Å²) in [6.45, 7) is 0.971. The normalized spacial score (nSPS) is 14.8. The van der Waals surface area contributed by atoms with Crippen LogP contribution in [0.3, 0.4) is 0 Å². The molecular formula is C22H27ClN2O5S. The van der Waals surface area contributed by atoms with E-state index in [-0.39, 0.29) is 22.2 Å². The van der Waals surface area contributed by atoms with E-state index in [0.717, 1.165) is 24.8 Å². The molecule has 3 rings (SSSR count). The van der Waals surface area contributed by atoms with Crippen molar-refractivity contribution < 1.29 is 22.7 Å². The maximum Gasteiger partial charge on any atom is 0.244 e. The van der Waals surface area contributed by atoms with Crippen LogP contribution in [-0.4, -0.2) is 45.9 Å². The van der Waals surface area contributed by atoms with E-state index in [9.17, 15) is 13.2 Å².